The van der Waals surface area contributed by atoms with E-state index < -0.39 is 5.67 Å². The van der Waals surface area contributed by atoms with E-state index in [-0.39, 0.29) is 0 Å². The Morgan fingerprint density at radius 1 is 1.75 bits per heavy atom. The van der Waals surface area contributed by atoms with Gasteiger partial charge >= 0.3 is 0 Å². The highest BCUT2D eigenvalue weighted by Gasteiger charge is 2.42. The maximum Gasteiger partial charge on any atom is 0.148 e. The first-order chi connectivity index (χ1) is 5.68. The molecule has 0 amide bonds. The Bertz CT molecular complexity index is 278. The number of nitrogens with zero attached hydrogens (tertiary/aromatic N) is 2. The van der Waals surface area contributed by atoms with Gasteiger partial charge in [-0.25, -0.2) is 4.39 Å². The highest BCUT2D eigenvalue weighted by atomic mass is 19.1. The zero-order valence-electron chi connectivity index (χ0n) is 7.05. The SMILES string of the molecule is Cn1ccc(NCC2(F)CC2)n1. The maximum atomic E-state index is 13.1. The molecule has 0 radical (unpaired) electrons. The second kappa shape index (κ2) is 2.47. The van der Waals surface area contributed by atoms with Crippen LogP contribution < -0.4 is 5.32 Å². The third kappa shape index (κ3) is 1.57. The molecule has 0 aliphatic heterocycles. The summed E-state index contributed by atoms with van der Waals surface area (Å²) in [5.74, 6) is 0.751. The van der Waals surface area contributed by atoms with Gasteiger partial charge in [-0.1, -0.05) is 0 Å². The van der Waals surface area contributed by atoms with Crippen LogP contribution in [-0.4, -0.2) is 22.0 Å². The number of rotatable bonds is 3. The lowest BCUT2D eigenvalue weighted by atomic mass is 10.4. The number of halogens is 1. The van der Waals surface area contributed by atoms with Crippen LogP contribution in [0.3, 0.4) is 0 Å². The minimum Gasteiger partial charge on any atom is -0.365 e. The van der Waals surface area contributed by atoms with Gasteiger partial charge in [0.1, 0.15) is 11.5 Å². The van der Waals surface area contributed by atoms with Crippen molar-refractivity contribution in [2.24, 2.45) is 7.05 Å². The topological polar surface area (TPSA) is 29.9 Å². The van der Waals surface area contributed by atoms with Crippen molar-refractivity contribution in [3.63, 3.8) is 0 Å². The van der Waals surface area contributed by atoms with Crippen molar-refractivity contribution in [2.45, 2.75) is 18.5 Å². The van der Waals surface area contributed by atoms with Crippen molar-refractivity contribution in [1.29, 1.82) is 0 Å². The van der Waals surface area contributed by atoms with Gasteiger partial charge in [0.15, 0.2) is 0 Å². The number of anilines is 1. The number of aromatic nitrogens is 2. The predicted octanol–water partition coefficient (Wildman–Crippen LogP) is 1.33. The highest BCUT2D eigenvalue weighted by molar-refractivity contribution is 5.33. The number of alkyl halides is 1. The van der Waals surface area contributed by atoms with Crippen molar-refractivity contribution in [2.75, 3.05) is 11.9 Å². The average molecular weight is 169 g/mol. The van der Waals surface area contributed by atoms with E-state index in [9.17, 15) is 4.39 Å². The van der Waals surface area contributed by atoms with E-state index in [1.807, 2.05) is 19.3 Å². The Labute approximate surface area is 70.6 Å². The average Bonchev–Trinajstić information content (AvgIpc) is 2.60. The van der Waals surface area contributed by atoms with Gasteiger partial charge in [-0.15, -0.1) is 0 Å². The number of hydrogen-bond acceptors (Lipinski definition) is 2. The molecule has 0 saturated heterocycles. The monoisotopic (exact) mass is 169 g/mol. The predicted molar refractivity (Wildman–Crippen MR) is 44.8 cm³/mol. The van der Waals surface area contributed by atoms with E-state index in [4.69, 9.17) is 0 Å². The Morgan fingerprint density at radius 2 is 2.50 bits per heavy atom. The van der Waals surface area contributed by atoms with E-state index in [1.165, 1.54) is 0 Å². The first-order valence-corrected chi connectivity index (χ1v) is 4.10. The van der Waals surface area contributed by atoms with Crippen LogP contribution in [0.4, 0.5) is 10.2 Å². The fourth-order valence-corrected chi connectivity index (χ4v) is 1.07. The van der Waals surface area contributed by atoms with Crippen molar-refractivity contribution in [3.8, 4) is 0 Å². The molecular weight excluding hydrogens is 157 g/mol. The molecule has 0 unspecified atom stereocenters. The molecule has 1 aliphatic rings. The molecule has 0 bridgehead atoms. The molecule has 4 heteroatoms. The fourth-order valence-electron chi connectivity index (χ4n) is 1.07. The summed E-state index contributed by atoms with van der Waals surface area (Å²) in [7, 11) is 1.84. The van der Waals surface area contributed by atoms with Crippen molar-refractivity contribution >= 4 is 5.82 Å². The molecule has 0 atom stereocenters. The Balaban J connectivity index is 1.87. The molecule has 1 fully saturated rings. The Kier molecular flexibility index (Phi) is 1.56. The van der Waals surface area contributed by atoms with Crippen LogP contribution in [0.5, 0.6) is 0 Å². The fraction of sp³-hybridized carbons (Fsp3) is 0.625. The molecule has 1 heterocycles. The summed E-state index contributed by atoms with van der Waals surface area (Å²) in [6.45, 7) is 0.393. The zero-order chi connectivity index (χ0) is 8.60. The number of hydrogen-bond donors (Lipinski definition) is 1. The normalized spacial score (nSPS) is 19.2. The van der Waals surface area contributed by atoms with Crippen LogP contribution in [0.2, 0.25) is 0 Å². The zero-order valence-corrected chi connectivity index (χ0v) is 7.05. The van der Waals surface area contributed by atoms with Gasteiger partial charge in [-0.2, -0.15) is 5.10 Å². The molecule has 12 heavy (non-hydrogen) atoms. The van der Waals surface area contributed by atoms with Gasteiger partial charge in [-0.3, -0.25) is 4.68 Å². The van der Waals surface area contributed by atoms with E-state index in [2.05, 4.69) is 10.4 Å². The lowest BCUT2D eigenvalue weighted by Crippen LogP contribution is -2.16. The van der Waals surface area contributed by atoms with E-state index in [0.29, 0.717) is 19.4 Å². The van der Waals surface area contributed by atoms with E-state index in [0.717, 1.165) is 5.82 Å². The summed E-state index contributed by atoms with van der Waals surface area (Å²) < 4.78 is 14.8. The summed E-state index contributed by atoms with van der Waals surface area (Å²) in [4.78, 5) is 0. The lowest BCUT2D eigenvalue weighted by molar-refractivity contribution is 0.326. The molecule has 1 saturated carbocycles. The molecule has 1 aromatic rings. The first-order valence-electron chi connectivity index (χ1n) is 4.10. The minimum atomic E-state index is -0.947. The van der Waals surface area contributed by atoms with Gasteiger partial charge in [0.2, 0.25) is 0 Å². The van der Waals surface area contributed by atoms with Gasteiger partial charge < -0.3 is 5.32 Å². The summed E-state index contributed by atoms with van der Waals surface area (Å²) in [6, 6.07) is 1.84. The molecule has 0 spiro atoms. The summed E-state index contributed by atoms with van der Waals surface area (Å²) >= 11 is 0. The van der Waals surface area contributed by atoms with Gasteiger partial charge in [0, 0.05) is 19.3 Å². The third-order valence-electron chi connectivity index (χ3n) is 2.09. The van der Waals surface area contributed by atoms with Crippen LogP contribution in [0.25, 0.3) is 0 Å². The Hall–Kier alpha value is -1.06. The quantitative estimate of drug-likeness (QED) is 0.739. The van der Waals surface area contributed by atoms with Crippen LogP contribution >= 0.6 is 0 Å². The highest BCUT2D eigenvalue weighted by Crippen LogP contribution is 2.39. The molecule has 66 valence electrons. The van der Waals surface area contributed by atoms with Crippen LogP contribution in [-0.2, 0) is 7.05 Å². The van der Waals surface area contributed by atoms with E-state index in [1.54, 1.807) is 4.68 Å². The molecule has 0 aromatic carbocycles. The third-order valence-corrected chi connectivity index (χ3v) is 2.09. The smallest absolute Gasteiger partial charge is 0.148 e. The van der Waals surface area contributed by atoms with Crippen molar-refractivity contribution in [3.05, 3.63) is 12.3 Å². The first kappa shape index (κ1) is 7.58. The van der Waals surface area contributed by atoms with E-state index >= 15 is 0 Å². The molecule has 3 nitrogen and oxygen atoms in total. The van der Waals surface area contributed by atoms with Crippen molar-refractivity contribution in [1.82, 2.24) is 9.78 Å². The van der Waals surface area contributed by atoms with Crippen LogP contribution in [0.1, 0.15) is 12.8 Å². The van der Waals surface area contributed by atoms with Gasteiger partial charge in [-0.05, 0) is 12.8 Å². The standard InChI is InChI=1S/C8H12FN3/c1-12-5-2-7(11-12)10-6-8(9)3-4-8/h2,5H,3-4,6H2,1H3,(H,10,11). The van der Waals surface area contributed by atoms with Gasteiger partial charge in [0.05, 0.1) is 6.54 Å². The minimum absolute atomic E-state index is 0.393. The molecule has 2 rings (SSSR count). The number of aryl methyl sites for hydroxylation is 1. The van der Waals surface area contributed by atoms with Gasteiger partial charge in [0.25, 0.3) is 0 Å². The largest absolute Gasteiger partial charge is 0.365 e. The maximum absolute atomic E-state index is 13.1. The second-order valence-corrected chi connectivity index (χ2v) is 3.38. The van der Waals surface area contributed by atoms with Crippen LogP contribution in [0, 0.1) is 0 Å². The Morgan fingerprint density at radius 3 is 3.00 bits per heavy atom. The number of nitrogens with one attached hydrogen (secondary N) is 1. The molecule has 1 aromatic heterocycles. The lowest BCUT2D eigenvalue weighted by Gasteiger charge is -2.04. The molecule has 1 aliphatic carbocycles. The van der Waals surface area contributed by atoms with Crippen LogP contribution in [0.15, 0.2) is 12.3 Å². The molecule has 1 N–H and O–H groups in total. The second-order valence-electron chi connectivity index (χ2n) is 3.38. The summed E-state index contributed by atoms with van der Waals surface area (Å²) in [5, 5.41) is 7.04. The van der Waals surface area contributed by atoms with Crippen molar-refractivity contribution < 1.29 is 4.39 Å². The molecular formula is C8H12FN3. The summed E-state index contributed by atoms with van der Waals surface area (Å²) in [6.07, 6.45) is 3.21. The summed E-state index contributed by atoms with van der Waals surface area (Å²) in [5.41, 5.74) is -0.947.